The molecule has 0 atom stereocenters. The van der Waals surface area contributed by atoms with Crippen LogP contribution in [0.1, 0.15) is 48.1 Å². The third kappa shape index (κ3) is 5.82. The molecule has 3 rings (SSSR count). The lowest BCUT2D eigenvalue weighted by Gasteiger charge is -2.29. The molecule has 4 nitrogen and oxygen atoms in total. The Balaban J connectivity index is 1.69. The number of rotatable bonds is 6. The van der Waals surface area contributed by atoms with Crippen LogP contribution in [0.3, 0.4) is 0 Å². The maximum Gasteiger partial charge on any atom is 0.173 e. The second-order valence-corrected chi connectivity index (χ2v) is 8.35. The zero-order chi connectivity index (χ0) is 19.9. The first-order valence-corrected chi connectivity index (χ1v) is 10.8. The summed E-state index contributed by atoms with van der Waals surface area (Å²) in [6.45, 7) is 11.4. The molecule has 0 spiro atoms. The summed E-state index contributed by atoms with van der Waals surface area (Å²) in [5.74, 6) is 0.942. The van der Waals surface area contributed by atoms with Crippen LogP contribution in [0.15, 0.2) is 34.9 Å². The van der Waals surface area contributed by atoms with Crippen molar-refractivity contribution in [3.63, 3.8) is 0 Å². The molecule has 0 amide bonds. The highest BCUT2D eigenvalue weighted by molar-refractivity contribution is 7.80. The number of nitrogens with zero attached hydrogens (tertiary/aromatic N) is 2. The summed E-state index contributed by atoms with van der Waals surface area (Å²) in [5, 5.41) is 4.28. The van der Waals surface area contributed by atoms with Gasteiger partial charge in [0.25, 0.3) is 0 Å². The van der Waals surface area contributed by atoms with Crippen molar-refractivity contribution in [3.8, 4) is 0 Å². The maximum absolute atomic E-state index is 5.83. The van der Waals surface area contributed by atoms with Crippen LogP contribution < -0.4 is 5.32 Å². The van der Waals surface area contributed by atoms with Gasteiger partial charge in [-0.1, -0.05) is 30.5 Å². The van der Waals surface area contributed by atoms with Gasteiger partial charge >= 0.3 is 0 Å². The molecule has 2 heterocycles. The van der Waals surface area contributed by atoms with E-state index >= 15 is 0 Å². The zero-order valence-electron chi connectivity index (χ0n) is 17.5. The van der Waals surface area contributed by atoms with Crippen molar-refractivity contribution in [2.24, 2.45) is 0 Å². The van der Waals surface area contributed by atoms with Crippen molar-refractivity contribution in [1.29, 1.82) is 0 Å². The summed E-state index contributed by atoms with van der Waals surface area (Å²) >= 11 is 5.83. The minimum absolute atomic E-state index is 0.691. The topological polar surface area (TPSA) is 31.6 Å². The van der Waals surface area contributed by atoms with E-state index in [1.54, 1.807) is 6.26 Å². The van der Waals surface area contributed by atoms with E-state index in [0.29, 0.717) is 6.54 Å². The Morgan fingerprint density at radius 1 is 1.11 bits per heavy atom. The molecule has 28 heavy (non-hydrogen) atoms. The first-order valence-electron chi connectivity index (χ1n) is 10.4. The van der Waals surface area contributed by atoms with E-state index < -0.39 is 0 Å². The monoisotopic (exact) mass is 399 g/mol. The van der Waals surface area contributed by atoms with Crippen molar-refractivity contribution in [2.75, 3.05) is 31.5 Å². The van der Waals surface area contributed by atoms with Crippen LogP contribution >= 0.6 is 12.2 Å². The quantitative estimate of drug-likeness (QED) is 0.668. The lowest BCUT2D eigenvalue weighted by molar-refractivity contribution is 0.247. The number of thiocarbonyl (C=S) groups is 1. The molecule has 1 aromatic carbocycles. The summed E-state index contributed by atoms with van der Waals surface area (Å²) < 4.78 is 5.60. The summed E-state index contributed by atoms with van der Waals surface area (Å²) in [6, 6.07) is 8.36. The first kappa shape index (κ1) is 20.9. The Bertz CT molecular complexity index is 741. The van der Waals surface area contributed by atoms with E-state index in [2.05, 4.69) is 48.0 Å². The normalized spacial score (nSPS) is 15.2. The van der Waals surface area contributed by atoms with Gasteiger partial charge in [0.15, 0.2) is 5.11 Å². The molecule has 1 saturated heterocycles. The summed E-state index contributed by atoms with van der Waals surface area (Å²) in [7, 11) is 0. The van der Waals surface area contributed by atoms with Crippen molar-refractivity contribution in [1.82, 2.24) is 9.80 Å². The standard InChI is InChI=1S/C23H33N3OS/c1-18-15-19(2)22(20(3)16-18)24-23(28)26(17-21-9-8-14-27-21)13-12-25-10-6-4-5-7-11-25/h8-9,14-16H,4-7,10-13,17H2,1-3H3,(H,24,28). The number of anilines is 1. The van der Waals surface area contributed by atoms with E-state index in [1.165, 1.54) is 55.5 Å². The predicted molar refractivity (Wildman–Crippen MR) is 121 cm³/mol. The van der Waals surface area contributed by atoms with Gasteiger partial charge in [0.1, 0.15) is 5.76 Å². The number of hydrogen-bond acceptors (Lipinski definition) is 3. The van der Waals surface area contributed by atoms with Crippen molar-refractivity contribution in [2.45, 2.75) is 53.0 Å². The van der Waals surface area contributed by atoms with Crippen LogP contribution in [0.5, 0.6) is 0 Å². The number of aryl methyl sites for hydroxylation is 3. The Labute approximate surface area is 174 Å². The Kier molecular flexibility index (Phi) is 7.51. The van der Waals surface area contributed by atoms with Gasteiger partial charge in [0.05, 0.1) is 12.8 Å². The number of likely N-dealkylation sites (tertiary alicyclic amines) is 1. The van der Waals surface area contributed by atoms with E-state index in [4.69, 9.17) is 16.6 Å². The molecule has 0 aliphatic carbocycles. The van der Waals surface area contributed by atoms with Crippen molar-refractivity contribution < 1.29 is 4.42 Å². The third-order valence-electron chi connectivity index (χ3n) is 5.51. The molecule has 1 aromatic heterocycles. The smallest absolute Gasteiger partial charge is 0.173 e. The molecular formula is C23H33N3OS. The Morgan fingerprint density at radius 2 is 1.79 bits per heavy atom. The van der Waals surface area contributed by atoms with Gasteiger partial charge in [-0.15, -0.1) is 0 Å². The molecule has 1 fully saturated rings. The zero-order valence-corrected chi connectivity index (χ0v) is 18.3. The highest BCUT2D eigenvalue weighted by Crippen LogP contribution is 2.23. The van der Waals surface area contributed by atoms with Crippen LogP contribution in [0.25, 0.3) is 0 Å². The average Bonchev–Trinajstić information content (AvgIpc) is 3.02. The van der Waals surface area contributed by atoms with Gasteiger partial charge in [-0.2, -0.15) is 0 Å². The summed E-state index contributed by atoms with van der Waals surface area (Å²) in [4.78, 5) is 4.81. The fourth-order valence-electron chi connectivity index (χ4n) is 4.03. The van der Waals surface area contributed by atoms with Gasteiger partial charge in [-0.3, -0.25) is 0 Å². The van der Waals surface area contributed by atoms with Gasteiger partial charge in [0, 0.05) is 18.8 Å². The fraction of sp³-hybridized carbons (Fsp3) is 0.522. The maximum atomic E-state index is 5.83. The second-order valence-electron chi connectivity index (χ2n) is 7.96. The molecule has 0 bridgehead atoms. The van der Waals surface area contributed by atoms with Crippen molar-refractivity contribution >= 4 is 23.0 Å². The van der Waals surface area contributed by atoms with Crippen molar-refractivity contribution in [3.05, 3.63) is 53.0 Å². The molecule has 1 aliphatic rings. The highest BCUT2D eigenvalue weighted by Gasteiger charge is 2.17. The number of furan rings is 1. The largest absolute Gasteiger partial charge is 0.467 e. The van der Waals surface area contributed by atoms with Crippen LogP contribution in [0.2, 0.25) is 0 Å². The van der Waals surface area contributed by atoms with E-state index in [0.717, 1.165) is 29.6 Å². The van der Waals surface area contributed by atoms with Crippen LogP contribution in [0.4, 0.5) is 5.69 Å². The molecule has 152 valence electrons. The highest BCUT2D eigenvalue weighted by atomic mass is 32.1. The van der Waals surface area contributed by atoms with E-state index in [9.17, 15) is 0 Å². The predicted octanol–water partition coefficient (Wildman–Crippen LogP) is 5.28. The second kappa shape index (κ2) is 10.1. The molecule has 1 aliphatic heterocycles. The molecule has 1 N–H and O–H groups in total. The van der Waals surface area contributed by atoms with E-state index in [1.807, 2.05) is 12.1 Å². The lowest BCUT2D eigenvalue weighted by Crippen LogP contribution is -2.40. The molecule has 2 aromatic rings. The Hall–Kier alpha value is -1.85. The minimum atomic E-state index is 0.691. The van der Waals surface area contributed by atoms with Gasteiger partial charge in [-0.05, 0) is 82.2 Å². The molecule has 0 unspecified atom stereocenters. The van der Waals surface area contributed by atoms with Gasteiger partial charge < -0.3 is 19.5 Å². The average molecular weight is 400 g/mol. The van der Waals surface area contributed by atoms with E-state index in [-0.39, 0.29) is 0 Å². The summed E-state index contributed by atoms with van der Waals surface area (Å²) in [6.07, 6.45) is 7.06. The van der Waals surface area contributed by atoms with Gasteiger partial charge in [-0.25, -0.2) is 0 Å². The first-order chi connectivity index (χ1) is 13.5. The Morgan fingerprint density at radius 3 is 2.39 bits per heavy atom. The summed E-state index contributed by atoms with van der Waals surface area (Å²) in [5.41, 5.74) is 4.85. The number of nitrogens with one attached hydrogen (secondary N) is 1. The molecule has 5 heteroatoms. The SMILES string of the molecule is Cc1cc(C)c(NC(=S)N(CCN2CCCCCC2)Cc2ccco2)c(C)c1. The number of hydrogen-bond donors (Lipinski definition) is 1. The minimum Gasteiger partial charge on any atom is -0.467 e. The third-order valence-corrected chi connectivity index (χ3v) is 5.87. The molecular weight excluding hydrogens is 366 g/mol. The number of benzene rings is 1. The fourth-order valence-corrected chi connectivity index (χ4v) is 4.29. The van der Waals surface area contributed by atoms with Crippen LogP contribution in [-0.2, 0) is 6.54 Å². The van der Waals surface area contributed by atoms with Crippen LogP contribution in [-0.4, -0.2) is 41.1 Å². The van der Waals surface area contributed by atoms with Gasteiger partial charge in [0.2, 0.25) is 0 Å². The van der Waals surface area contributed by atoms with Crippen LogP contribution in [0, 0.1) is 20.8 Å². The molecule has 0 radical (unpaired) electrons. The molecule has 0 saturated carbocycles. The lowest BCUT2D eigenvalue weighted by atomic mass is 10.1.